The maximum Gasteiger partial charge on any atom is 0.303 e. The molecule has 0 aliphatic rings. The summed E-state index contributed by atoms with van der Waals surface area (Å²) in [6.45, 7) is 0.307. The highest BCUT2D eigenvalue weighted by Gasteiger charge is 2.17. The first-order valence-electron chi connectivity index (χ1n) is 8.36. The van der Waals surface area contributed by atoms with Crippen molar-refractivity contribution in [2.75, 3.05) is 0 Å². The van der Waals surface area contributed by atoms with Gasteiger partial charge in [0.2, 0.25) is 5.78 Å². The van der Waals surface area contributed by atoms with Gasteiger partial charge in [0.05, 0.1) is 23.9 Å². The molecule has 0 fully saturated rings. The molecule has 0 aliphatic heterocycles. The minimum Gasteiger partial charge on any atom is -0.481 e. The van der Waals surface area contributed by atoms with Crippen LogP contribution in [0.1, 0.15) is 17.8 Å². The van der Waals surface area contributed by atoms with Crippen molar-refractivity contribution in [3.05, 3.63) is 75.3 Å². The molecule has 0 amide bonds. The Hall–Kier alpha value is -3.19. The lowest BCUT2D eigenvalue weighted by Crippen LogP contribution is -2.24. The number of carboxylic acids is 1. The molecule has 7 nitrogen and oxygen atoms in total. The molecule has 2 aromatic carbocycles. The van der Waals surface area contributed by atoms with Crippen molar-refractivity contribution < 1.29 is 9.90 Å². The Morgan fingerprint density at radius 1 is 1.07 bits per heavy atom. The van der Waals surface area contributed by atoms with E-state index in [-0.39, 0.29) is 18.4 Å². The van der Waals surface area contributed by atoms with E-state index >= 15 is 0 Å². The van der Waals surface area contributed by atoms with E-state index in [1.165, 1.54) is 0 Å². The molecule has 27 heavy (non-hydrogen) atoms. The molecule has 4 rings (SSSR count). The summed E-state index contributed by atoms with van der Waals surface area (Å²) in [4.78, 5) is 24.0. The predicted molar refractivity (Wildman–Crippen MR) is 101 cm³/mol. The van der Waals surface area contributed by atoms with Gasteiger partial charge in [0, 0.05) is 11.4 Å². The largest absolute Gasteiger partial charge is 0.481 e. The van der Waals surface area contributed by atoms with Gasteiger partial charge in [-0.05, 0) is 29.8 Å². The van der Waals surface area contributed by atoms with E-state index in [2.05, 4.69) is 10.2 Å². The molecular formula is C19H15ClN4O3. The number of hydrogen-bond donors (Lipinski definition) is 1. The average molecular weight is 383 g/mol. The fraction of sp³-hybridized carbons (Fsp3) is 0.158. The maximum atomic E-state index is 13.1. The minimum absolute atomic E-state index is 0.0641. The van der Waals surface area contributed by atoms with Gasteiger partial charge in [-0.3, -0.25) is 18.6 Å². The zero-order chi connectivity index (χ0) is 19.0. The molecule has 8 heteroatoms. The lowest BCUT2D eigenvalue weighted by molar-refractivity contribution is -0.137. The van der Waals surface area contributed by atoms with Crippen LogP contribution in [0.5, 0.6) is 0 Å². The van der Waals surface area contributed by atoms with Crippen molar-refractivity contribution in [3.8, 4) is 0 Å². The monoisotopic (exact) mass is 382 g/mol. The standard InChI is InChI=1S/C19H15ClN4O3/c20-13-7-5-12(6-8-13)11-23-18(27)14-3-1-2-4-15(14)24-16(9-10-17(25)26)21-22-19(23)24/h1-8H,9-11H2,(H,25,26). The second-order valence-electron chi connectivity index (χ2n) is 6.18. The molecule has 0 radical (unpaired) electrons. The molecule has 2 aromatic heterocycles. The van der Waals surface area contributed by atoms with Gasteiger partial charge in [0.15, 0.2) is 0 Å². The fourth-order valence-electron chi connectivity index (χ4n) is 3.11. The maximum absolute atomic E-state index is 13.1. The van der Waals surface area contributed by atoms with Crippen molar-refractivity contribution >= 4 is 34.3 Å². The summed E-state index contributed by atoms with van der Waals surface area (Å²) < 4.78 is 3.30. The van der Waals surface area contributed by atoms with Gasteiger partial charge >= 0.3 is 5.97 Å². The number of carbonyl (C=O) groups is 1. The van der Waals surface area contributed by atoms with Crippen molar-refractivity contribution in [1.29, 1.82) is 0 Å². The smallest absolute Gasteiger partial charge is 0.303 e. The Morgan fingerprint density at radius 2 is 1.81 bits per heavy atom. The molecule has 0 aliphatic carbocycles. The minimum atomic E-state index is -0.912. The summed E-state index contributed by atoms with van der Waals surface area (Å²) in [6, 6.07) is 14.4. The van der Waals surface area contributed by atoms with Crippen LogP contribution >= 0.6 is 11.6 Å². The van der Waals surface area contributed by atoms with E-state index < -0.39 is 5.97 Å². The number of halogens is 1. The van der Waals surface area contributed by atoms with Crippen LogP contribution in [-0.4, -0.2) is 30.2 Å². The van der Waals surface area contributed by atoms with Crippen molar-refractivity contribution in [2.45, 2.75) is 19.4 Å². The molecule has 0 spiro atoms. The Bertz CT molecular complexity index is 1210. The average Bonchev–Trinajstić information content (AvgIpc) is 3.09. The number of rotatable bonds is 5. The number of benzene rings is 2. The van der Waals surface area contributed by atoms with E-state index in [0.29, 0.717) is 34.1 Å². The quantitative estimate of drug-likeness (QED) is 0.573. The number of aromatic nitrogens is 4. The van der Waals surface area contributed by atoms with Crippen molar-refractivity contribution in [1.82, 2.24) is 19.2 Å². The summed E-state index contributed by atoms with van der Waals surface area (Å²) >= 11 is 5.94. The Labute approximate surface area is 158 Å². The van der Waals surface area contributed by atoms with E-state index in [9.17, 15) is 9.59 Å². The van der Waals surface area contributed by atoms with Gasteiger partial charge in [-0.2, -0.15) is 0 Å². The third-order valence-electron chi connectivity index (χ3n) is 4.39. The van der Waals surface area contributed by atoms with Crippen LogP contribution < -0.4 is 5.56 Å². The van der Waals surface area contributed by atoms with E-state index in [4.69, 9.17) is 16.7 Å². The Morgan fingerprint density at radius 3 is 2.56 bits per heavy atom. The summed E-state index contributed by atoms with van der Waals surface area (Å²) in [5.41, 5.74) is 1.38. The first-order chi connectivity index (χ1) is 13.0. The number of para-hydroxylation sites is 1. The summed E-state index contributed by atoms with van der Waals surface area (Å²) in [6.07, 6.45) is 0.158. The Kier molecular flexibility index (Phi) is 4.37. The molecular weight excluding hydrogens is 368 g/mol. The first kappa shape index (κ1) is 17.2. The molecule has 0 unspecified atom stereocenters. The highest BCUT2D eigenvalue weighted by atomic mass is 35.5. The topological polar surface area (TPSA) is 89.5 Å². The SMILES string of the molecule is O=C(O)CCc1nnc2n(Cc3ccc(Cl)cc3)c(=O)c3ccccc3n12. The predicted octanol–water partition coefficient (Wildman–Crippen LogP) is 2.76. The second-order valence-corrected chi connectivity index (χ2v) is 6.62. The number of fused-ring (bicyclic) bond motifs is 3. The van der Waals surface area contributed by atoms with Gasteiger partial charge in [-0.15, -0.1) is 10.2 Å². The molecule has 136 valence electrons. The summed E-state index contributed by atoms with van der Waals surface area (Å²) in [5, 5.41) is 18.5. The van der Waals surface area contributed by atoms with E-state index in [0.717, 1.165) is 5.56 Å². The number of aryl methyl sites for hydroxylation is 1. The molecule has 0 atom stereocenters. The van der Waals surface area contributed by atoms with Crippen LogP contribution in [0.4, 0.5) is 0 Å². The van der Waals surface area contributed by atoms with Gasteiger partial charge in [-0.25, -0.2) is 0 Å². The van der Waals surface area contributed by atoms with Crippen LogP contribution in [0.3, 0.4) is 0 Å². The molecule has 0 saturated carbocycles. The molecule has 4 aromatic rings. The lowest BCUT2D eigenvalue weighted by atomic mass is 10.2. The van der Waals surface area contributed by atoms with Crippen LogP contribution in [0.25, 0.3) is 16.7 Å². The number of carboxylic acid groups (broad SMARTS) is 1. The molecule has 0 bridgehead atoms. The summed E-state index contributed by atoms with van der Waals surface area (Å²) in [5.74, 6) is -0.0203. The second kappa shape index (κ2) is 6.85. The molecule has 1 N–H and O–H groups in total. The lowest BCUT2D eigenvalue weighted by Gasteiger charge is -2.11. The highest BCUT2D eigenvalue weighted by Crippen LogP contribution is 2.17. The highest BCUT2D eigenvalue weighted by molar-refractivity contribution is 6.30. The number of aliphatic carboxylic acids is 1. The van der Waals surface area contributed by atoms with Crippen LogP contribution in [-0.2, 0) is 17.8 Å². The number of hydrogen-bond acceptors (Lipinski definition) is 4. The van der Waals surface area contributed by atoms with Crippen LogP contribution in [0.2, 0.25) is 5.02 Å². The van der Waals surface area contributed by atoms with Gasteiger partial charge < -0.3 is 5.11 Å². The molecule has 2 heterocycles. The van der Waals surface area contributed by atoms with Gasteiger partial charge in [0.25, 0.3) is 5.56 Å². The number of nitrogens with zero attached hydrogens (tertiary/aromatic N) is 4. The fourth-order valence-corrected chi connectivity index (χ4v) is 3.24. The van der Waals surface area contributed by atoms with Gasteiger partial charge in [0.1, 0.15) is 5.82 Å². The molecule has 0 saturated heterocycles. The van der Waals surface area contributed by atoms with Crippen LogP contribution in [0.15, 0.2) is 53.3 Å². The van der Waals surface area contributed by atoms with E-state index in [1.54, 1.807) is 33.2 Å². The van der Waals surface area contributed by atoms with E-state index in [1.807, 2.05) is 24.3 Å². The first-order valence-corrected chi connectivity index (χ1v) is 8.74. The zero-order valence-electron chi connectivity index (χ0n) is 14.2. The third-order valence-corrected chi connectivity index (χ3v) is 4.64. The third kappa shape index (κ3) is 3.17. The zero-order valence-corrected chi connectivity index (χ0v) is 14.9. The summed E-state index contributed by atoms with van der Waals surface area (Å²) in [7, 11) is 0. The van der Waals surface area contributed by atoms with Crippen molar-refractivity contribution in [3.63, 3.8) is 0 Å². The Balaban J connectivity index is 1.94. The van der Waals surface area contributed by atoms with Crippen molar-refractivity contribution in [2.24, 2.45) is 0 Å². The van der Waals surface area contributed by atoms with Crippen LogP contribution in [0, 0.1) is 0 Å². The normalized spacial score (nSPS) is 11.3. The van der Waals surface area contributed by atoms with Gasteiger partial charge in [-0.1, -0.05) is 35.9 Å².